The summed E-state index contributed by atoms with van der Waals surface area (Å²) in [5, 5.41) is 0. The van der Waals surface area contributed by atoms with E-state index in [-0.39, 0.29) is 16.4 Å². The first-order valence-corrected chi connectivity index (χ1v) is 11.0. The van der Waals surface area contributed by atoms with Gasteiger partial charge < -0.3 is 9.64 Å². The minimum atomic E-state index is -3.70. The highest BCUT2D eigenvalue weighted by molar-refractivity contribution is 7.89. The van der Waals surface area contributed by atoms with Gasteiger partial charge in [-0.05, 0) is 44.5 Å². The number of carbonyl (C=O) groups is 2. The molecule has 7 nitrogen and oxygen atoms in total. The fraction of sp³-hybridized carbons (Fsp3) is 0.333. The van der Waals surface area contributed by atoms with E-state index in [9.17, 15) is 18.0 Å². The van der Waals surface area contributed by atoms with Gasteiger partial charge in [-0.2, -0.15) is 0 Å². The molecule has 0 aromatic heterocycles. The maximum atomic E-state index is 13.1. The van der Waals surface area contributed by atoms with Gasteiger partial charge in [-0.25, -0.2) is 17.9 Å². The van der Waals surface area contributed by atoms with Gasteiger partial charge in [0.1, 0.15) is 0 Å². The van der Waals surface area contributed by atoms with E-state index in [1.165, 1.54) is 31.3 Å². The lowest BCUT2D eigenvalue weighted by Gasteiger charge is -2.30. The molecule has 0 bridgehead atoms. The first-order valence-electron chi connectivity index (χ1n) is 9.51. The zero-order valence-corrected chi connectivity index (χ0v) is 17.0. The molecule has 3 rings (SSSR count). The Morgan fingerprint density at radius 1 is 1.00 bits per heavy atom. The summed E-state index contributed by atoms with van der Waals surface area (Å²) in [6.45, 7) is 1.27. The number of esters is 1. The predicted octanol–water partition coefficient (Wildman–Crippen LogP) is 2.51. The third-order valence-corrected chi connectivity index (χ3v) is 6.28. The summed E-state index contributed by atoms with van der Waals surface area (Å²) in [5.41, 5.74) is 0.643. The van der Waals surface area contributed by atoms with Gasteiger partial charge in [-0.1, -0.05) is 36.4 Å². The maximum Gasteiger partial charge on any atom is 0.339 e. The largest absolute Gasteiger partial charge is 0.444 e. The number of nitrogens with one attached hydrogen (secondary N) is 1. The van der Waals surface area contributed by atoms with Crippen molar-refractivity contribution >= 4 is 21.9 Å². The van der Waals surface area contributed by atoms with E-state index in [0.717, 1.165) is 19.3 Å². The highest BCUT2D eigenvalue weighted by atomic mass is 32.2. The van der Waals surface area contributed by atoms with Crippen LogP contribution >= 0.6 is 0 Å². The van der Waals surface area contributed by atoms with Crippen LogP contribution in [0.4, 0.5) is 0 Å². The molecule has 0 aliphatic carbocycles. The van der Waals surface area contributed by atoms with Crippen LogP contribution in [0.1, 0.15) is 41.3 Å². The lowest BCUT2D eigenvalue weighted by atomic mass is 10.1. The van der Waals surface area contributed by atoms with Crippen molar-refractivity contribution in [2.24, 2.45) is 0 Å². The molecule has 1 amide bonds. The molecule has 1 aliphatic heterocycles. The van der Waals surface area contributed by atoms with Gasteiger partial charge in [-0.15, -0.1) is 0 Å². The van der Waals surface area contributed by atoms with Crippen molar-refractivity contribution in [1.82, 2.24) is 9.62 Å². The Morgan fingerprint density at radius 2 is 1.69 bits per heavy atom. The monoisotopic (exact) mass is 416 g/mol. The predicted molar refractivity (Wildman–Crippen MR) is 108 cm³/mol. The van der Waals surface area contributed by atoms with E-state index in [0.29, 0.717) is 18.7 Å². The number of piperidine rings is 1. The van der Waals surface area contributed by atoms with Crippen molar-refractivity contribution in [2.75, 3.05) is 20.1 Å². The van der Waals surface area contributed by atoms with Crippen molar-refractivity contribution in [1.29, 1.82) is 0 Å². The zero-order valence-electron chi connectivity index (χ0n) is 16.2. The van der Waals surface area contributed by atoms with Crippen molar-refractivity contribution in [3.63, 3.8) is 0 Å². The molecule has 1 fully saturated rings. The smallest absolute Gasteiger partial charge is 0.339 e. The van der Waals surface area contributed by atoms with Gasteiger partial charge in [0.25, 0.3) is 5.91 Å². The molecule has 0 spiro atoms. The van der Waals surface area contributed by atoms with Crippen molar-refractivity contribution in [3.05, 3.63) is 65.7 Å². The Kier molecular flexibility index (Phi) is 6.66. The number of carbonyl (C=O) groups excluding carboxylic acids is 2. The standard InChI is InChI=1S/C21H24N2O5S/c1-22-29(26,27)18-12-8-11-17(15-18)21(25)28-19(16-9-4-2-5-10-16)20(24)23-13-6-3-7-14-23/h2,4-5,8-12,15,19,22H,3,6-7,13-14H2,1H3/t19-/m0/s1. The number of hydrogen-bond acceptors (Lipinski definition) is 5. The Bertz CT molecular complexity index is 970. The van der Waals surface area contributed by atoms with Gasteiger partial charge >= 0.3 is 5.97 Å². The van der Waals surface area contributed by atoms with Gasteiger partial charge in [0.15, 0.2) is 0 Å². The molecule has 1 atom stereocenters. The lowest BCUT2D eigenvalue weighted by molar-refractivity contribution is -0.142. The first-order chi connectivity index (χ1) is 13.9. The number of benzene rings is 2. The molecule has 154 valence electrons. The quantitative estimate of drug-likeness (QED) is 0.731. The van der Waals surface area contributed by atoms with Gasteiger partial charge in [0.2, 0.25) is 16.1 Å². The SMILES string of the molecule is CNS(=O)(=O)c1cccc(C(=O)O[C@H](C(=O)N2CCCCC2)c2ccccc2)c1. The van der Waals surface area contributed by atoms with Crippen molar-refractivity contribution < 1.29 is 22.7 Å². The van der Waals surface area contributed by atoms with Crippen LogP contribution in [-0.4, -0.2) is 45.3 Å². The molecule has 1 N–H and O–H groups in total. The summed E-state index contributed by atoms with van der Waals surface area (Å²) in [5.74, 6) is -1.01. The average molecular weight is 416 g/mol. The number of rotatable bonds is 6. The molecule has 1 heterocycles. The van der Waals surface area contributed by atoms with Crippen LogP contribution in [0.5, 0.6) is 0 Å². The summed E-state index contributed by atoms with van der Waals surface area (Å²) < 4.78 is 31.8. The van der Waals surface area contributed by atoms with Gasteiger partial charge in [-0.3, -0.25) is 4.79 Å². The third-order valence-electron chi connectivity index (χ3n) is 4.87. The summed E-state index contributed by atoms with van der Waals surface area (Å²) in [6.07, 6.45) is 1.84. The molecule has 29 heavy (non-hydrogen) atoms. The Hall–Kier alpha value is -2.71. The van der Waals surface area contributed by atoms with Crippen LogP contribution < -0.4 is 4.72 Å². The van der Waals surface area contributed by atoms with Crippen LogP contribution in [0.3, 0.4) is 0 Å². The minimum Gasteiger partial charge on any atom is -0.444 e. The molecule has 0 unspecified atom stereocenters. The molecule has 1 saturated heterocycles. The number of hydrogen-bond donors (Lipinski definition) is 1. The Labute approximate surface area is 170 Å². The first kappa shape index (κ1) is 21.0. The van der Waals surface area contributed by atoms with Crippen LogP contribution in [0.25, 0.3) is 0 Å². The van der Waals surface area contributed by atoms with E-state index < -0.39 is 22.1 Å². The second-order valence-corrected chi connectivity index (χ2v) is 8.70. The summed E-state index contributed by atoms with van der Waals surface area (Å²) in [7, 11) is -2.41. The van der Waals surface area contributed by atoms with Crippen LogP contribution in [0, 0.1) is 0 Å². The van der Waals surface area contributed by atoms with E-state index in [1.54, 1.807) is 29.2 Å². The average Bonchev–Trinajstić information content (AvgIpc) is 2.78. The van der Waals surface area contributed by atoms with E-state index in [2.05, 4.69) is 4.72 Å². The normalized spacial score (nSPS) is 15.6. The molecule has 0 radical (unpaired) electrons. The molecule has 1 aliphatic rings. The molecule has 2 aromatic rings. The Balaban J connectivity index is 1.87. The number of likely N-dealkylation sites (tertiary alicyclic amines) is 1. The van der Waals surface area contributed by atoms with Gasteiger partial charge in [0, 0.05) is 18.7 Å². The minimum absolute atomic E-state index is 0.0481. The van der Waals surface area contributed by atoms with E-state index >= 15 is 0 Å². The van der Waals surface area contributed by atoms with Crippen LogP contribution in [0.15, 0.2) is 59.5 Å². The maximum absolute atomic E-state index is 13.1. The number of nitrogens with zero attached hydrogens (tertiary/aromatic N) is 1. The highest BCUT2D eigenvalue weighted by Gasteiger charge is 2.30. The summed E-state index contributed by atoms with van der Waals surface area (Å²) >= 11 is 0. The third kappa shape index (κ3) is 5.02. The van der Waals surface area contributed by atoms with E-state index in [1.807, 2.05) is 6.07 Å². The van der Waals surface area contributed by atoms with Crippen LogP contribution in [0.2, 0.25) is 0 Å². The summed E-state index contributed by atoms with van der Waals surface area (Å²) in [4.78, 5) is 27.5. The second-order valence-electron chi connectivity index (χ2n) is 6.82. The molecular weight excluding hydrogens is 392 g/mol. The highest BCUT2D eigenvalue weighted by Crippen LogP contribution is 2.24. The number of amides is 1. The van der Waals surface area contributed by atoms with E-state index in [4.69, 9.17) is 4.74 Å². The Morgan fingerprint density at radius 3 is 2.34 bits per heavy atom. The second kappa shape index (κ2) is 9.19. The topological polar surface area (TPSA) is 92.8 Å². The van der Waals surface area contributed by atoms with Crippen molar-refractivity contribution in [2.45, 2.75) is 30.3 Å². The lowest BCUT2D eigenvalue weighted by Crippen LogP contribution is -2.40. The fourth-order valence-electron chi connectivity index (χ4n) is 3.25. The summed E-state index contributed by atoms with van der Waals surface area (Å²) in [6, 6.07) is 14.4. The van der Waals surface area contributed by atoms with Crippen LogP contribution in [-0.2, 0) is 19.6 Å². The van der Waals surface area contributed by atoms with Gasteiger partial charge in [0.05, 0.1) is 10.5 Å². The molecular formula is C21H24N2O5S. The molecule has 8 heteroatoms. The fourth-order valence-corrected chi connectivity index (χ4v) is 4.03. The number of ether oxygens (including phenoxy) is 1. The number of sulfonamides is 1. The molecule has 2 aromatic carbocycles. The van der Waals surface area contributed by atoms with Crippen molar-refractivity contribution in [3.8, 4) is 0 Å². The zero-order chi connectivity index (χ0) is 20.9. The molecule has 0 saturated carbocycles.